The standard InChI is InChI=1S/C11H20N2OS/c1-4-8(2)11-13-10(7-15-11)9(12)5-6-14-3/h7-9H,4-6,12H2,1-3H3. The van der Waals surface area contributed by atoms with Crippen LogP contribution in [0.5, 0.6) is 0 Å². The van der Waals surface area contributed by atoms with Gasteiger partial charge >= 0.3 is 0 Å². The Morgan fingerprint density at radius 1 is 1.60 bits per heavy atom. The minimum atomic E-state index is 0.0130. The summed E-state index contributed by atoms with van der Waals surface area (Å²) in [6.45, 7) is 5.07. The highest BCUT2D eigenvalue weighted by atomic mass is 32.1. The molecule has 0 aliphatic heterocycles. The Morgan fingerprint density at radius 2 is 2.33 bits per heavy atom. The van der Waals surface area contributed by atoms with Gasteiger partial charge in [-0.1, -0.05) is 13.8 Å². The molecule has 0 saturated heterocycles. The fourth-order valence-electron chi connectivity index (χ4n) is 1.26. The molecule has 0 spiro atoms. The first kappa shape index (κ1) is 12.6. The minimum Gasteiger partial charge on any atom is -0.385 e. The van der Waals surface area contributed by atoms with E-state index in [-0.39, 0.29) is 6.04 Å². The van der Waals surface area contributed by atoms with Gasteiger partial charge in [0.25, 0.3) is 0 Å². The van der Waals surface area contributed by atoms with Gasteiger partial charge in [0.2, 0.25) is 0 Å². The summed E-state index contributed by atoms with van der Waals surface area (Å²) in [7, 11) is 1.69. The van der Waals surface area contributed by atoms with Gasteiger partial charge in [0, 0.05) is 25.0 Å². The lowest BCUT2D eigenvalue weighted by molar-refractivity contribution is 0.187. The zero-order valence-electron chi connectivity index (χ0n) is 9.69. The van der Waals surface area contributed by atoms with Crippen molar-refractivity contribution >= 4 is 11.3 Å². The number of nitrogens with zero attached hydrogens (tertiary/aromatic N) is 1. The predicted octanol–water partition coefficient (Wildman–Crippen LogP) is 2.69. The maximum Gasteiger partial charge on any atom is 0.0957 e. The summed E-state index contributed by atoms with van der Waals surface area (Å²) in [5.74, 6) is 0.540. The molecule has 0 saturated carbocycles. The molecule has 4 heteroatoms. The first-order valence-corrected chi connectivity index (χ1v) is 6.26. The van der Waals surface area contributed by atoms with E-state index < -0.39 is 0 Å². The van der Waals surface area contributed by atoms with E-state index in [9.17, 15) is 0 Å². The van der Waals surface area contributed by atoms with Gasteiger partial charge in [0.05, 0.1) is 16.7 Å². The lowest BCUT2D eigenvalue weighted by atomic mass is 10.1. The number of thiazole rings is 1. The molecule has 15 heavy (non-hydrogen) atoms. The van der Waals surface area contributed by atoms with E-state index in [4.69, 9.17) is 10.5 Å². The monoisotopic (exact) mass is 228 g/mol. The van der Waals surface area contributed by atoms with Crippen molar-refractivity contribution in [2.75, 3.05) is 13.7 Å². The Kier molecular flexibility index (Phi) is 5.22. The number of hydrogen-bond donors (Lipinski definition) is 1. The number of ether oxygens (including phenoxy) is 1. The predicted molar refractivity (Wildman–Crippen MR) is 64.2 cm³/mol. The van der Waals surface area contributed by atoms with Crippen LogP contribution in [0.25, 0.3) is 0 Å². The van der Waals surface area contributed by atoms with Crippen LogP contribution in [0, 0.1) is 0 Å². The van der Waals surface area contributed by atoms with Gasteiger partial charge in [-0.2, -0.15) is 0 Å². The molecule has 0 aliphatic rings. The number of aromatic nitrogens is 1. The molecule has 0 amide bonds. The van der Waals surface area contributed by atoms with Crippen molar-refractivity contribution in [1.29, 1.82) is 0 Å². The van der Waals surface area contributed by atoms with Gasteiger partial charge in [-0.15, -0.1) is 11.3 Å². The molecule has 0 fully saturated rings. The van der Waals surface area contributed by atoms with Gasteiger partial charge in [-0.05, 0) is 12.8 Å². The van der Waals surface area contributed by atoms with Crippen LogP contribution >= 0.6 is 11.3 Å². The number of hydrogen-bond acceptors (Lipinski definition) is 4. The Morgan fingerprint density at radius 3 is 2.93 bits per heavy atom. The molecule has 0 aliphatic carbocycles. The molecule has 2 atom stereocenters. The van der Waals surface area contributed by atoms with Crippen LogP contribution in [-0.4, -0.2) is 18.7 Å². The van der Waals surface area contributed by atoms with E-state index in [1.54, 1.807) is 18.4 Å². The molecule has 1 aromatic heterocycles. The zero-order valence-corrected chi connectivity index (χ0v) is 10.5. The second-order valence-electron chi connectivity index (χ2n) is 3.81. The molecule has 0 radical (unpaired) electrons. The molecule has 2 unspecified atom stereocenters. The van der Waals surface area contributed by atoms with Crippen LogP contribution in [0.4, 0.5) is 0 Å². The maximum atomic E-state index is 6.00. The van der Waals surface area contributed by atoms with Gasteiger partial charge in [0.15, 0.2) is 0 Å². The fraction of sp³-hybridized carbons (Fsp3) is 0.727. The molecule has 0 bridgehead atoms. The molecule has 0 aromatic carbocycles. The summed E-state index contributed by atoms with van der Waals surface area (Å²) >= 11 is 1.71. The maximum absolute atomic E-state index is 6.00. The molecule has 1 aromatic rings. The summed E-state index contributed by atoms with van der Waals surface area (Å²) < 4.78 is 5.01. The SMILES string of the molecule is CCC(C)c1nc(C(N)CCOC)cs1. The number of nitrogens with two attached hydrogens (primary N) is 1. The minimum absolute atomic E-state index is 0.0130. The van der Waals surface area contributed by atoms with Crippen LogP contribution in [0.15, 0.2) is 5.38 Å². The Labute approximate surface area is 95.7 Å². The molecular formula is C11H20N2OS. The Hall–Kier alpha value is -0.450. The summed E-state index contributed by atoms with van der Waals surface area (Å²) in [6.07, 6.45) is 1.96. The first-order valence-electron chi connectivity index (χ1n) is 5.38. The molecule has 1 heterocycles. The van der Waals surface area contributed by atoms with Crippen molar-refractivity contribution in [2.45, 2.75) is 38.6 Å². The topological polar surface area (TPSA) is 48.1 Å². The van der Waals surface area contributed by atoms with Gasteiger partial charge in [-0.3, -0.25) is 0 Å². The molecule has 3 nitrogen and oxygen atoms in total. The number of rotatable bonds is 6. The van der Waals surface area contributed by atoms with E-state index in [1.807, 2.05) is 0 Å². The first-order chi connectivity index (χ1) is 7.19. The van der Waals surface area contributed by atoms with E-state index in [0.717, 1.165) is 18.5 Å². The molecule has 1 rings (SSSR count). The van der Waals surface area contributed by atoms with E-state index >= 15 is 0 Å². The highest BCUT2D eigenvalue weighted by Gasteiger charge is 2.13. The lowest BCUT2D eigenvalue weighted by Crippen LogP contribution is -2.13. The third kappa shape index (κ3) is 3.55. The van der Waals surface area contributed by atoms with Crippen LogP contribution in [0.1, 0.15) is 49.4 Å². The van der Waals surface area contributed by atoms with Gasteiger partial charge in [-0.25, -0.2) is 4.98 Å². The third-order valence-electron chi connectivity index (χ3n) is 2.59. The van der Waals surface area contributed by atoms with Crippen LogP contribution in [-0.2, 0) is 4.74 Å². The summed E-state index contributed by atoms with van der Waals surface area (Å²) in [5.41, 5.74) is 7.01. The largest absolute Gasteiger partial charge is 0.385 e. The van der Waals surface area contributed by atoms with Crippen LogP contribution in [0.2, 0.25) is 0 Å². The van der Waals surface area contributed by atoms with Gasteiger partial charge in [0.1, 0.15) is 0 Å². The summed E-state index contributed by atoms with van der Waals surface area (Å²) in [5, 5.41) is 3.27. The fourth-order valence-corrected chi connectivity index (χ4v) is 2.29. The smallest absolute Gasteiger partial charge is 0.0957 e. The van der Waals surface area contributed by atoms with Gasteiger partial charge < -0.3 is 10.5 Å². The quantitative estimate of drug-likeness (QED) is 0.814. The van der Waals surface area contributed by atoms with Crippen LogP contribution in [0.3, 0.4) is 0 Å². The third-order valence-corrected chi connectivity index (χ3v) is 3.68. The van der Waals surface area contributed by atoms with Crippen LogP contribution < -0.4 is 5.73 Å². The Bertz CT molecular complexity index is 288. The second kappa shape index (κ2) is 6.20. The van der Waals surface area contributed by atoms with E-state index in [1.165, 1.54) is 5.01 Å². The van der Waals surface area contributed by atoms with Crippen molar-refractivity contribution in [3.05, 3.63) is 16.1 Å². The highest BCUT2D eigenvalue weighted by Crippen LogP contribution is 2.25. The summed E-state index contributed by atoms with van der Waals surface area (Å²) in [6, 6.07) is 0.0130. The molecule has 2 N–H and O–H groups in total. The zero-order chi connectivity index (χ0) is 11.3. The van der Waals surface area contributed by atoms with Crippen molar-refractivity contribution in [1.82, 2.24) is 4.98 Å². The Balaban J connectivity index is 2.58. The van der Waals surface area contributed by atoms with E-state index in [0.29, 0.717) is 12.5 Å². The summed E-state index contributed by atoms with van der Waals surface area (Å²) in [4.78, 5) is 4.57. The second-order valence-corrected chi connectivity index (χ2v) is 4.70. The normalized spacial score (nSPS) is 15.2. The highest BCUT2D eigenvalue weighted by molar-refractivity contribution is 7.09. The average molecular weight is 228 g/mol. The van der Waals surface area contributed by atoms with E-state index in [2.05, 4.69) is 24.2 Å². The van der Waals surface area contributed by atoms with Crippen molar-refractivity contribution in [3.63, 3.8) is 0 Å². The van der Waals surface area contributed by atoms with Crippen molar-refractivity contribution in [3.8, 4) is 0 Å². The van der Waals surface area contributed by atoms with Crippen molar-refractivity contribution in [2.24, 2.45) is 5.73 Å². The lowest BCUT2D eigenvalue weighted by Gasteiger charge is -2.07. The molecular weight excluding hydrogens is 208 g/mol. The number of methoxy groups -OCH3 is 1. The van der Waals surface area contributed by atoms with Crippen molar-refractivity contribution < 1.29 is 4.74 Å². The molecule has 86 valence electrons. The average Bonchev–Trinajstić information content (AvgIpc) is 2.74.